The summed E-state index contributed by atoms with van der Waals surface area (Å²) in [4.78, 5) is 13.3. The smallest absolute Gasteiger partial charge is 0.246 e. The quantitative estimate of drug-likeness (QED) is 0.745. The van der Waals surface area contributed by atoms with Gasteiger partial charge in [-0.05, 0) is 31.5 Å². The Hall–Kier alpha value is -1.99. The van der Waals surface area contributed by atoms with E-state index in [4.69, 9.17) is 5.73 Å². The SMILES string of the molecule is CC(C(=O)NCCCCN)n1nnc(-c2ccccc2)n1.Cl. The van der Waals surface area contributed by atoms with Crippen molar-refractivity contribution in [3.8, 4) is 11.4 Å². The average Bonchev–Trinajstić information content (AvgIpc) is 3.01. The summed E-state index contributed by atoms with van der Waals surface area (Å²) in [5, 5.41) is 15.0. The van der Waals surface area contributed by atoms with E-state index in [1.807, 2.05) is 30.3 Å². The van der Waals surface area contributed by atoms with Crippen molar-refractivity contribution in [1.29, 1.82) is 0 Å². The Morgan fingerprint density at radius 3 is 2.73 bits per heavy atom. The second kappa shape index (κ2) is 9.11. The number of aromatic nitrogens is 4. The van der Waals surface area contributed by atoms with Crippen molar-refractivity contribution in [2.45, 2.75) is 25.8 Å². The lowest BCUT2D eigenvalue weighted by atomic mass is 10.2. The number of benzene rings is 1. The molecule has 1 aromatic carbocycles. The molecule has 8 heteroatoms. The van der Waals surface area contributed by atoms with Gasteiger partial charge in [0.25, 0.3) is 0 Å². The van der Waals surface area contributed by atoms with E-state index in [1.165, 1.54) is 4.80 Å². The van der Waals surface area contributed by atoms with E-state index >= 15 is 0 Å². The van der Waals surface area contributed by atoms with Crippen LogP contribution < -0.4 is 11.1 Å². The predicted molar refractivity (Wildman–Crippen MR) is 86.5 cm³/mol. The molecule has 1 aromatic heterocycles. The fraction of sp³-hybridized carbons (Fsp3) is 0.429. The number of nitrogens with zero attached hydrogens (tertiary/aromatic N) is 4. The number of nitrogens with two attached hydrogens (primary N) is 1. The molecule has 0 fully saturated rings. The number of halogens is 1. The first kappa shape index (κ1) is 18.1. The maximum atomic E-state index is 12.0. The predicted octanol–water partition coefficient (Wildman–Crippen LogP) is 1.18. The topological polar surface area (TPSA) is 98.7 Å². The minimum atomic E-state index is -0.493. The molecule has 120 valence electrons. The lowest BCUT2D eigenvalue weighted by Crippen LogP contribution is -2.32. The van der Waals surface area contributed by atoms with Gasteiger partial charge in [0.05, 0.1) is 0 Å². The van der Waals surface area contributed by atoms with Crippen molar-refractivity contribution in [3.05, 3.63) is 30.3 Å². The summed E-state index contributed by atoms with van der Waals surface area (Å²) in [6.45, 7) is 2.99. The van der Waals surface area contributed by atoms with E-state index in [2.05, 4.69) is 20.7 Å². The molecule has 0 spiro atoms. The van der Waals surface area contributed by atoms with Gasteiger partial charge in [-0.2, -0.15) is 4.80 Å². The Morgan fingerprint density at radius 1 is 1.32 bits per heavy atom. The number of rotatable bonds is 7. The zero-order valence-corrected chi connectivity index (χ0v) is 13.3. The Balaban J connectivity index is 0.00000242. The van der Waals surface area contributed by atoms with Crippen molar-refractivity contribution >= 4 is 18.3 Å². The molecule has 0 aliphatic heterocycles. The number of unbranched alkanes of at least 4 members (excludes halogenated alkanes) is 1. The van der Waals surface area contributed by atoms with Crippen LogP contribution in [0.5, 0.6) is 0 Å². The standard InChI is InChI=1S/C14H20N6O.ClH/c1-11(14(21)16-10-6-5-9-15)20-18-13(17-19-20)12-7-3-2-4-8-12;/h2-4,7-8,11H,5-6,9-10,15H2,1H3,(H,16,21);1H. The van der Waals surface area contributed by atoms with Gasteiger partial charge in [0.2, 0.25) is 11.7 Å². The summed E-state index contributed by atoms with van der Waals surface area (Å²) >= 11 is 0. The van der Waals surface area contributed by atoms with Gasteiger partial charge in [-0.15, -0.1) is 22.6 Å². The zero-order chi connectivity index (χ0) is 15.1. The van der Waals surface area contributed by atoms with Gasteiger partial charge in [-0.1, -0.05) is 30.3 Å². The van der Waals surface area contributed by atoms with Crippen LogP contribution >= 0.6 is 12.4 Å². The summed E-state index contributed by atoms with van der Waals surface area (Å²) in [6.07, 6.45) is 1.77. The number of carbonyl (C=O) groups excluding carboxylic acids is 1. The van der Waals surface area contributed by atoms with Gasteiger partial charge in [0.1, 0.15) is 6.04 Å². The molecule has 0 saturated heterocycles. The van der Waals surface area contributed by atoms with Gasteiger partial charge in [0.15, 0.2) is 0 Å². The largest absolute Gasteiger partial charge is 0.354 e. The highest BCUT2D eigenvalue weighted by atomic mass is 35.5. The van der Waals surface area contributed by atoms with Crippen molar-refractivity contribution in [2.75, 3.05) is 13.1 Å². The molecule has 7 nitrogen and oxygen atoms in total. The van der Waals surface area contributed by atoms with Crippen LogP contribution in [0, 0.1) is 0 Å². The number of amides is 1. The maximum absolute atomic E-state index is 12.0. The van der Waals surface area contributed by atoms with E-state index in [-0.39, 0.29) is 18.3 Å². The number of tetrazole rings is 1. The molecule has 0 aliphatic carbocycles. The van der Waals surface area contributed by atoms with Crippen LogP contribution in [0.15, 0.2) is 30.3 Å². The zero-order valence-electron chi connectivity index (χ0n) is 12.5. The van der Waals surface area contributed by atoms with Gasteiger partial charge in [-0.3, -0.25) is 4.79 Å². The van der Waals surface area contributed by atoms with Crippen molar-refractivity contribution in [2.24, 2.45) is 5.73 Å². The van der Waals surface area contributed by atoms with E-state index in [9.17, 15) is 4.79 Å². The first-order chi connectivity index (χ1) is 10.2. The average molecular weight is 325 g/mol. The summed E-state index contributed by atoms with van der Waals surface area (Å²) in [7, 11) is 0. The minimum Gasteiger partial charge on any atom is -0.354 e. The van der Waals surface area contributed by atoms with E-state index in [0.29, 0.717) is 18.9 Å². The van der Waals surface area contributed by atoms with Crippen LogP contribution in [0.1, 0.15) is 25.8 Å². The molecule has 1 heterocycles. The summed E-state index contributed by atoms with van der Waals surface area (Å²) in [5.74, 6) is 0.391. The fourth-order valence-corrected chi connectivity index (χ4v) is 1.83. The number of nitrogens with one attached hydrogen (secondary N) is 1. The molecular weight excluding hydrogens is 304 g/mol. The first-order valence-corrected chi connectivity index (χ1v) is 7.05. The van der Waals surface area contributed by atoms with Crippen LogP contribution in [0.2, 0.25) is 0 Å². The van der Waals surface area contributed by atoms with Gasteiger partial charge < -0.3 is 11.1 Å². The molecule has 2 rings (SSSR count). The van der Waals surface area contributed by atoms with E-state index in [1.54, 1.807) is 6.92 Å². The highest BCUT2D eigenvalue weighted by molar-refractivity contribution is 5.85. The van der Waals surface area contributed by atoms with Crippen LogP contribution in [-0.2, 0) is 4.79 Å². The lowest BCUT2D eigenvalue weighted by Gasteiger charge is -2.10. The van der Waals surface area contributed by atoms with E-state index < -0.39 is 6.04 Å². The molecule has 0 bridgehead atoms. The van der Waals surface area contributed by atoms with Crippen molar-refractivity contribution in [1.82, 2.24) is 25.5 Å². The Kier molecular flexibility index (Phi) is 7.48. The maximum Gasteiger partial charge on any atom is 0.246 e. The molecule has 1 amide bonds. The van der Waals surface area contributed by atoms with Crippen LogP contribution in [-0.4, -0.2) is 39.2 Å². The second-order valence-electron chi connectivity index (χ2n) is 4.76. The second-order valence-corrected chi connectivity index (χ2v) is 4.76. The van der Waals surface area contributed by atoms with Gasteiger partial charge >= 0.3 is 0 Å². The van der Waals surface area contributed by atoms with Crippen molar-refractivity contribution < 1.29 is 4.79 Å². The Morgan fingerprint density at radius 2 is 2.05 bits per heavy atom. The van der Waals surface area contributed by atoms with Gasteiger partial charge in [-0.25, -0.2) is 0 Å². The third kappa shape index (κ3) is 4.78. The summed E-state index contributed by atoms with van der Waals surface area (Å²) in [6, 6.07) is 9.05. The third-order valence-electron chi connectivity index (χ3n) is 3.12. The van der Waals surface area contributed by atoms with Crippen molar-refractivity contribution in [3.63, 3.8) is 0 Å². The van der Waals surface area contributed by atoms with Crippen LogP contribution in [0.4, 0.5) is 0 Å². The number of carbonyl (C=O) groups is 1. The van der Waals surface area contributed by atoms with Crippen LogP contribution in [0.25, 0.3) is 11.4 Å². The summed E-state index contributed by atoms with van der Waals surface area (Å²) < 4.78 is 0. The molecule has 3 N–H and O–H groups in total. The highest BCUT2D eigenvalue weighted by Crippen LogP contribution is 2.13. The molecule has 0 saturated carbocycles. The van der Waals surface area contributed by atoms with E-state index in [0.717, 1.165) is 18.4 Å². The fourth-order valence-electron chi connectivity index (χ4n) is 1.83. The van der Waals surface area contributed by atoms with Crippen LogP contribution in [0.3, 0.4) is 0 Å². The molecule has 22 heavy (non-hydrogen) atoms. The first-order valence-electron chi connectivity index (χ1n) is 7.05. The Bertz CT molecular complexity index is 574. The molecule has 1 unspecified atom stereocenters. The Labute approximate surface area is 135 Å². The molecule has 1 atom stereocenters. The molecule has 0 aliphatic rings. The summed E-state index contributed by atoms with van der Waals surface area (Å²) in [5.41, 5.74) is 6.28. The minimum absolute atomic E-state index is 0. The monoisotopic (exact) mass is 324 g/mol. The number of hydrogen-bond donors (Lipinski definition) is 2. The molecule has 0 radical (unpaired) electrons. The lowest BCUT2D eigenvalue weighted by molar-refractivity contribution is -0.124. The molecule has 2 aromatic rings. The third-order valence-corrected chi connectivity index (χ3v) is 3.12. The molecular formula is C14H21ClN6O. The highest BCUT2D eigenvalue weighted by Gasteiger charge is 2.18. The van der Waals surface area contributed by atoms with Gasteiger partial charge in [0, 0.05) is 12.1 Å². The normalized spacial score (nSPS) is 11.5. The number of hydrogen-bond acceptors (Lipinski definition) is 5.